The molecular formula is C8H12N2O. The smallest absolute Gasteiger partial charge is 0.0702 e. The number of rotatable bonds is 2. The van der Waals surface area contributed by atoms with Crippen molar-refractivity contribution in [3.8, 4) is 0 Å². The number of hydrazine groups is 1. The van der Waals surface area contributed by atoms with Crippen molar-refractivity contribution < 1.29 is 5.11 Å². The lowest BCUT2D eigenvalue weighted by molar-refractivity contribution is 0.282. The van der Waals surface area contributed by atoms with E-state index in [1.54, 1.807) is 0 Å². The molecule has 4 N–H and O–H groups in total. The molecule has 60 valence electrons. The lowest BCUT2D eigenvalue weighted by Gasteiger charge is -2.08. The minimum absolute atomic E-state index is 0.0151. The number of nitrogens with one attached hydrogen (secondary N) is 1. The fraction of sp³-hybridized carbons (Fsp3) is 0.250. The summed E-state index contributed by atoms with van der Waals surface area (Å²) in [6, 6.07) is 5.66. The van der Waals surface area contributed by atoms with Gasteiger partial charge in [0.25, 0.3) is 0 Å². The SMILES string of the molecule is Cc1cccc(CO)c1NN. The van der Waals surface area contributed by atoms with Crippen LogP contribution in [0.25, 0.3) is 0 Å². The summed E-state index contributed by atoms with van der Waals surface area (Å²) >= 11 is 0. The van der Waals surface area contributed by atoms with Gasteiger partial charge in [0, 0.05) is 5.56 Å². The Morgan fingerprint density at radius 2 is 2.27 bits per heavy atom. The molecule has 0 unspecified atom stereocenters. The second-order valence-corrected chi connectivity index (χ2v) is 2.41. The van der Waals surface area contributed by atoms with Gasteiger partial charge in [0.2, 0.25) is 0 Å². The van der Waals surface area contributed by atoms with Gasteiger partial charge < -0.3 is 10.5 Å². The molecule has 1 aromatic carbocycles. The van der Waals surface area contributed by atoms with Crippen molar-refractivity contribution in [3.63, 3.8) is 0 Å². The van der Waals surface area contributed by atoms with Crippen molar-refractivity contribution in [1.29, 1.82) is 0 Å². The molecular weight excluding hydrogens is 140 g/mol. The summed E-state index contributed by atoms with van der Waals surface area (Å²) < 4.78 is 0. The number of hydrogen-bond donors (Lipinski definition) is 3. The molecule has 0 bridgehead atoms. The molecule has 0 aromatic heterocycles. The van der Waals surface area contributed by atoms with Crippen molar-refractivity contribution >= 4 is 5.69 Å². The lowest BCUT2D eigenvalue weighted by atomic mass is 10.1. The van der Waals surface area contributed by atoms with Crippen LogP contribution in [-0.2, 0) is 6.61 Å². The van der Waals surface area contributed by atoms with Gasteiger partial charge in [-0.2, -0.15) is 0 Å². The van der Waals surface area contributed by atoms with Crippen LogP contribution in [0.3, 0.4) is 0 Å². The van der Waals surface area contributed by atoms with Gasteiger partial charge in [0.1, 0.15) is 0 Å². The van der Waals surface area contributed by atoms with Crippen LogP contribution >= 0.6 is 0 Å². The number of aliphatic hydroxyl groups is 1. The number of nitrogen functional groups attached to an aromatic ring is 1. The van der Waals surface area contributed by atoms with Gasteiger partial charge in [-0.3, -0.25) is 5.84 Å². The summed E-state index contributed by atoms with van der Waals surface area (Å²) in [5.74, 6) is 5.27. The largest absolute Gasteiger partial charge is 0.392 e. The van der Waals surface area contributed by atoms with Gasteiger partial charge in [-0.25, -0.2) is 0 Å². The zero-order valence-corrected chi connectivity index (χ0v) is 6.46. The molecule has 0 aliphatic rings. The Balaban J connectivity index is 3.13. The zero-order valence-electron chi connectivity index (χ0n) is 6.46. The van der Waals surface area contributed by atoms with Crippen LogP contribution in [-0.4, -0.2) is 5.11 Å². The molecule has 0 aliphatic heterocycles. The topological polar surface area (TPSA) is 58.3 Å². The third kappa shape index (κ3) is 1.50. The highest BCUT2D eigenvalue weighted by atomic mass is 16.3. The van der Waals surface area contributed by atoms with Gasteiger partial charge in [-0.1, -0.05) is 18.2 Å². The molecule has 0 saturated carbocycles. The van der Waals surface area contributed by atoms with Crippen molar-refractivity contribution in [3.05, 3.63) is 29.3 Å². The molecule has 3 nitrogen and oxygen atoms in total. The lowest BCUT2D eigenvalue weighted by Crippen LogP contribution is -2.10. The van der Waals surface area contributed by atoms with Gasteiger partial charge in [0.05, 0.1) is 12.3 Å². The standard InChI is InChI=1S/C8H12N2O/c1-6-3-2-4-7(5-11)8(6)10-9/h2-4,10-11H,5,9H2,1H3. The summed E-state index contributed by atoms with van der Waals surface area (Å²) in [4.78, 5) is 0. The van der Waals surface area contributed by atoms with E-state index in [1.807, 2.05) is 25.1 Å². The Morgan fingerprint density at radius 3 is 2.73 bits per heavy atom. The number of para-hydroxylation sites is 1. The highest BCUT2D eigenvalue weighted by Gasteiger charge is 2.00. The van der Waals surface area contributed by atoms with Gasteiger partial charge in [-0.15, -0.1) is 0 Å². The molecule has 0 atom stereocenters. The van der Waals surface area contributed by atoms with E-state index in [0.717, 1.165) is 16.8 Å². The van der Waals surface area contributed by atoms with Crippen molar-refractivity contribution in [2.75, 3.05) is 5.43 Å². The Hall–Kier alpha value is -1.06. The van der Waals surface area contributed by atoms with E-state index in [2.05, 4.69) is 5.43 Å². The highest BCUT2D eigenvalue weighted by molar-refractivity contribution is 5.55. The second kappa shape index (κ2) is 3.37. The molecule has 0 heterocycles. The van der Waals surface area contributed by atoms with E-state index in [0.29, 0.717) is 0 Å². The number of aryl methyl sites for hydroxylation is 1. The zero-order chi connectivity index (χ0) is 8.27. The number of nitrogens with two attached hydrogens (primary N) is 1. The van der Waals surface area contributed by atoms with E-state index in [4.69, 9.17) is 10.9 Å². The fourth-order valence-corrected chi connectivity index (χ4v) is 1.07. The summed E-state index contributed by atoms with van der Waals surface area (Å²) in [6.07, 6.45) is 0. The first kappa shape index (κ1) is 8.04. The van der Waals surface area contributed by atoms with Crippen LogP contribution in [0.15, 0.2) is 18.2 Å². The predicted octanol–water partition coefficient (Wildman–Crippen LogP) is 0.773. The summed E-state index contributed by atoms with van der Waals surface area (Å²) in [7, 11) is 0. The van der Waals surface area contributed by atoms with Gasteiger partial charge in [0.15, 0.2) is 0 Å². The summed E-state index contributed by atoms with van der Waals surface area (Å²) in [5.41, 5.74) is 5.24. The normalized spacial score (nSPS) is 9.73. The predicted molar refractivity (Wildman–Crippen MR) is 44.9 cm³/mol. The molecule has 1 rings (SSSR count). The van der Waals surface area contributed by atoms with Gasteiger partial charge in [-0.05, 0) is 12.5 Å². The van der Waals surface area contributed by atoms with E-state index in [1.165, 1.54) is 0 Å². The molecule has 0 saturated heterocycles. The minimum Gasteiger partial charge on any atom is -0.392 e. The maximum absolute atomic E-state index is 8.88. The van der Waals surface area contributed by atoms with Crippen LogP contribution in [0, 0.1) is 6.92 Å². The van der Waals surface area contributed by atoms with Crippen LogP contribution in [0.5, 0.6) is 0 Å². The molecule has 0 radical (unpaired) electrons. The fourth-order valence-electron chi connectivity index (χ4n) is 1.07. The van der Waals surface area contributed by atoms with Crippen molar-refractivity contribution in [2.45, 2.75) is 13.5 Å². The number of hydrogen-bond acceptors (Lipinski definition) is 3. The molecule has 3 heteroatoms. The van der Waals surface area contributed by atoms with E-state index in [9.17, 15) is 0 Å². The summed E-state index contributed by atoms with van der Waals surface area (Å²) in [6.45, 7) is 1.95. The first-order valence-electron chi connectivity index (χ1n) is 3.45. The maximum atomic E-state index is 8.88. The molecule has 0 fully saturated rings. The first-order chi connectivity index (χ1) is 5.29. The van der Waals surface area contributed by atoms with Crippen LogP contribution in [0.4, 0.5) is 5.69 Å². The number of benzene rings is 1. The van der Waals surface area contributed by atoms with Crippen molar-refractivity contribution in [2.24, 2.45) is 5.84 Å². The first-order valence-corrected chi connectivity index (χ1v) is 3.45. The van der Waals surface area contributed by atoms with E-state index >= 15 is 0 Å². The Kier molecular flexibility index (Phi) is 2.46. The Labute approximate surface area is 65.8 Å². The molecule has 11 heavy (non-hydrogen) atoms. The molecule has 0 spiro atoms. The van der Waals surface area contributed by atoms with E-state index in [-0.39, 0.29) is 6.61 Å². The third-order valence-electron chi connectivity index (χ3n) is 1.67. The van der Waals surface area contributed by atoms with Crippen LogP contribution in [0.2, 0.25) is 0 Å². The number of aliphatic hydroxyl groups excluding tert-OH is 1. The number of anilines is 1. The molecule has 0 aliphatic carbocycles. The van der Waals surface area contributed by atoms with E-state index < -0.39 is 0 Å². The molecule has 1 aromatic rings. The van der Waals surface area contributed by atoms with Gasteiger partial charge >= 0.3 is 0 Å². The average Bonchev–Trinajstić information content (AvgIpc) is 2.04. The monoisotopic (exact) mass is 152 g/mol. The molecule has 0 amide bonds. The average molecular weight is 152 g/mol. The second-order valence-electron chi connectivity index (χ2n) is 2.41. The minimum atomic E-state index is 0.0151. The van der Waals surface area contributed by atoms with Crippen molar-refractivity contribution in [1.82, 2.24) is 0 Å². The quantitative estimate of drug-likeness (QED) is 0.433. The third-order valence-corrected chi connectivity index (χ3v) is 1.67. The summed E-state index contributed by atoms with van der Waals surface area (Å²) in [5, 5.41) is 8.88. The van der Waals surface area contributed by atoms with Crippen LogP contribution < -0.4 is 11.3 Å². The maximum Gasteiger partial charge on any atom is 0.0702 e. The highest BCUT2D eigenvalue weighted by Crippen LogP contribution is 2.18. The Bertz CT molecular complexity index is 248. The van der Waals surface area contributed by atoms with Crippen LogP contribution in [0.1, 0.15) is 11.1 Å². The Morgan fingerprint density at radius 1 is 1.55 bits per heavy atom.